The molecule has 1 aliphatic rings. The van der Waals surface area contributed by atoms with Gasteiger partial charge in [0, 0.05) is 12.3 Å². The molecule has 1 N–H and O–H groups in total. The lowest BCUT2D eigenvalue weighted by Gasteiger charge is -2.09. The molecule has 0 atom stereocenters. The Kier molecular flexibility index (Phi) is 5.06. The number of rotatable bonds is 6. The lowest BCUT2D eigenvalue weighted by molar-refractivity contribution is 0.500. The molecule has 0 amide bonds. The van der Waals surface area contributed by atoms with E-state index in [1.807, 2.05) is 6.92 Å². The molecule has 3 nitrogen and oxygen atoms in total. The fourth-order valence-electron chi connectivity index (χ4n) is 2.07. The van der Waals surface area contributed by atoms with Gasteiger partial charge in [-0.25, -0.2) is 0 Å². The molecule has 0 bridgehead atoms. The summed E-state index contributed by atoms with van der Waals surface area (Å²) in [6.45, 7) is 4.29. The van der Waals surface area contributed by atoms with Crippen LogP contribution in [0.15, 0.2) is 4.34 Å². The third kappa shape index (κ3) is 4.03. The molecule has 1 aliphatic carbocycles. The molecule has 1 aromatic rings. The molecular formula is C11H19N3S2. The molecule has 0 spiro atoms. The van der Waals surface area contributed by atoms with Gasteiger partial charge in [-0.2, -0.15) is 0 Å². The second-order valence-corrected chi connectivity index (χ2v) is 6.81. The van der Waals surface area contributed by atoms with Crippen LogP contribution >= 0.6 is 23.1 Å². The molecule has 5 heteroatoms. The Morgan fingerprint density at radius 1 is 1.38 bits per heavy atom. The molecule has 0 saturated heterocycles. The minimum atomic E-state index is 0.939. The van der Waals surface area contributed by atoms with Crippen molar-refractivity contribution >= 4 is 23.1 Å². The SMILES string of the molecule is Cc1nnc(SCCNCC2CCCC2)s1. The number of nitrogens with zero attached hydrogens (tertiary/aromatic N) is 2. The summed E-state index contributed by atoms with van der Waals surface area (Å²) in [7, 11) is 0. The van der Waals surface area contributed by atoms with Gasteiger partial charge in [0.1, 0.15) is 5.01 Å². The highest BCUT2D eigenvalue weighted by molar-refractivity contribution is 8.01. The second-order valence-electron chi connectivity index (χ2n) is 4.29. The van der Waals surface area contributed by atoms with E-state index in [1.165, 1.54) is 32.2 Å². The largest absolute Gasteiger partial charge is 0.316 e. The highest BCUT2D eigenvalue weighted by atomic mass is 32.2. The predicted octanol–water partition coefficient (Wildman–Crippen LogP) is 2.72. The summed E-state index contributed by atoms with van der Waals surface area (Å²) in [5.74, 6) is 2.04. The average molecular weight is 257 g/mol. The highest BCUT2D eigenvalue weighted by Crippen LogP contribution is 2.24. The van der Waals surface area contributed by atoms with Gasteiger partial charge in [0.2, 0.25) is 0 Å². The minimum absolute atomic E-state index is 0.939. The molecule has 0 aromatic carbocycles. The first kappa shape index (κ1) is 12.3. The number of hydrogen-bond donors (Lipinski definition) is 1. The van der Waals surface area contributed by atoms with E-state index in [4.69, 9.17) is 0 Å². The molecular weight excluding hydrogens is 238 g/mol. The van der Waals surface area contributed by atoms with Gasteiger partial charge in [-0.05, 0) is 32.2 Å². The molecule has 1 aromatic heterocycles. The quantitative estimate of drug-likeness (QED) is 0.628. The standard InChI is InChI=1S/C11H19N3S2/c1-9-13-14-11(16-9)15-7-6-12-8-10-4-2-3-5-10/h10,12H,2-8H2,1H3. The molecule has 16 heavy (non-hydrogen) atoms. The van der Waals surface area contributed by atoms with Crippen LogP contribution in [0.1, 0.15) is 30.7 Å². The van der Waals surface area contributed by atoms with Crippen molar-refractivity contribution in [2.75, 3.05) is 18.8 Å². The van der Waals surface area contributed by atoms with Crippen LogP contribution in [-0.2, 0) is 0 Å². The fraction of sp³-hybridized carbons (Fsp3) is 0.818. The van der Waals surface area contributed by atoms with E-state index in [1.54, 1.807) is 23.1 Å². The van der Waals surface area contributed by atoms with Crippen LogP contribution in [0, 0.1) is 12.8 Å². The van der Waals surface area contributed by atoms with Crippen LogP contribution in [0.25, 0.3) is 0 Å². The molecule has 1 heterocycles. The van der Waals surface area contributed by atoms with Crippen LogP contribution in [-0.4, -0.2) is 29.0 Å². The molecule has 0 radical (unpaired) electrons. The van der Waals surface area contributed by atoms with E-state index in [9.17, 15) is 0 Å². The molecule has 1 fully saturated rings. The van der Waals surface area contributed by atoms with Crippen molar-refractivity contribution < 1.29 is 0 Å². The van der Waals surface area contributed by atoms with Crippen LogP contribution in [0.3, 0.4) is 0 Å². The van der Waals surface area contributed by atoms with Crippen LogP contribution in [0.5, 0.6) is 0 Å². The van der Waals surface area contributed by atoms with Crippen molar-refractivity contribution in [2.24, 2.45) is 5.92 Å². The molecule has 0 unspecified atom stereocenters. The van der Waals surface area contributed by atoms with Gasteiger partial charge in [-0.3, -0.25) is 0 Å². The Labute approximate surface area is 105 Å². The summed E-state index contributed by atoms with van der Waals surface area (Å²) >= 11 is 3.49. The molecule has 90 valence electrons. The van der Waals surface area contributed by atoms with Gasteiger partial charge >= 0.3 is 0 Å². The van der Waals surface area contributed by atoms with Crippen molar-refractivity contribution in [2.45, 2.75) is 36.9 Å². The maximum atomic E-state index is 4.09. The Bertz CT molecular complexity index is 308. The van der Waals surface area contributed by atoms with Crippen molar-refractivity contribution in [3.8, 4) is 0 Å². The lowest BCUT2D eigenvalue weighted by Crippen LogP contribution is -2.23. The van der Waals surface area contributed by atoms with E-state index in [2.05, 4.69) is 15.5 Å². The highest BCUT2D eigenvalue weighted by Gasteiger charge is 2.13. The van der Waals surface area contributed by atoms with E-state index in [0.717, 1.165) is 27.6 Å². The number of hydrogen-bond acceptors (Lipinski definition) is 5. The Morgan fingerprint density at radius 3 is 2.88 bits per heavy atom. The van der Waals surface area contributed by atoms with Gasteiger partial charge in [-0.15, -0.1) is 10.2 Å². The minimum Gasteiger partial charge on any atom is -0.316 e. The summed E-state index contributed by atoms with van der Waals surface area (Å²) in [6.07, 6.45) is 5.72. The summed E-state index contributed by atoms with van der Waals surface area (Å²) < 4.78 is 1.10. The van der Waals surface area contributed by atoms with Crippen LogP contribution in [0.4, 0.5) is 0 Å². The number of aryl methyl sites for hydroxylation is 1. The maximum Gasteiger partial charge on any atom is 0.174 e. The van der Waals surface area contributed by atoms with Gasteiger partial charge in [0.15, 0.2) is 4.34 Å². The van der Waals surface area contributed by atoms with Crippen LogP contribution < -0.4 is 5.32 Å². The third-order valence-electron chi connectivity index (χ3n) is 2.92. The van der Waals surface area contributed by atoms with Crippen molar-refractivity contribution in [1.82, 2.24) is 15.5 Å². The third-order valence-corrected chi connectivity index (χ3v) is 4.89. The summed E-state index contributed by atoms with van der Waals surface area (Å²) in [5, 5.41) is 12.7. The molecule has 1 saturated carbocycles. The van der Waals surface area contributed by atoms with Crippen molar-refractivity contribution in [1.29, 1.82) is 0 Å². The smallest absolute Gasteiger partial charge is 0.174 e. The van der Waals surface area contributed by atoms with Crippen molar-refractivity contribution in [3.05, 3.63) is 5.01 Å². The summed E-state index contributed by atoms with van der Waals surface area (Å²) in [5.41, 5.74) is 0. The van der Waals surface area contributed by atoms with Gasteiger partial charge in [0.25, 0.3) is 0 Å². The molecule has 0 aliphatic heterocycles. The first-order valence-corrected chi connectivity index (χ1v) is 7.78. The Hall–Kier alpha value is -0.130. The lowest BCUT2D eigenvalue weighted by atomic mass is 10.1. The topological polar surface area (TPSA) is 37.8 Å². The van der Waals surface area contributed by atoms with Gasteiger partial charge < -0.3 is 5.32 Å². The summed E-state index contributed by atoms with van der Waals surface area (Å²) in [6, 6.07) is 0. The average Bonchev–Trinajstić information content (AvgIpc) is 2.89. The second kappa shape index (κ2) is 6.57. The first-order chi connectivity index (χ1) is 7.84. The van der Waals surface area contributed by atoms with Gasteiger partial charge in [0.05, 0.1) is 0 Å². The monoisotopic (exact) mass is 257 g/mol. The van der Waals surface area contributed by atoms with Crippen LogP contribution in [0.2, 0.25) is 0 Å². The zero-order valence-electron chi connectivity index (χ0n) is 9.74. The molecule has 2 rings (SSSR count). The van der Waals surface area contributed by atoms with Gasteiger partial charge in [-0.1, -0.05) is 35.9 Å². The number of thioether (sulfide) groups is 1. The number of aromatic nitrogens is 2. The zero-order valence-corrected chi connectivity index (χ0v) is 11.4. The fourth-order valence-corrected chi connectivity index (χ4v) is 3.85. The normalized spacial score (nSPS) is 17.1. The summed E-state index contributed by atoms with van der Waals surface area (Å²) in [4.78, 5) is 0. The Balaban J connectivity index is 1.51. The maximum absolute atomic E-state index is 4.09. The van der Waals surface area contributed by atoms with E-state index < -0.39 is 0 Å². The van der Waals surface area contributed by atoms with E-state index >= 15 is 0 Å². The van der Waals surface area contributed by atoms with E-state index in [0.29, 0.717) is 0 Å². The zero-order chi connectivity index (χ0) is 11.2. The Morgan fingerprint density at radius 2 is 2.19 bits per heavy atom. The predicted molar refractivity (Wildman–Crippen MR) is 70.2 cm³/mol. The number of nitrogens with one attached hydrogen (secondary N) is 1. The van der Waals surface area contributed by atoms with Crippen molar-refractivity contribution in [3.63, 3.8) is 0 Å². The first-order valence-electron chi connectivity index (χ1n) is 5.98. The van der Waals surface area contributed by atoms with E-state index in [-0.39, 0.29) is 0 Å².